The predicted molar refractivity (Wildman–Crippen MR) is 103 cm³/mol. The molecule has 0 atom stereocenters. The van der Waals surface area contributed by atoms with Crippen LogP contribution in [0.1, 0.15) is 27.4 Å². The van der Waals surface area contributed by atoms with Gasteiger partial charge in [-0.3, -0.25) is 9.78 Å². The number of aromatic amines is 2. The Bertz CT molecular complexity index is 1210. The molecule has 7 nitrogen and oxygen atoms in total. The second-order valence-electron chi connectivity index (χ2n) is 6.24. The molecule has 0 spiro atoms. The summed E-state index contributed by atoms with van der Waals surface area (Å²) < 4.78 is 0. The third-order valence-electron chi connectivity index (χ3n) is 4.60. The average Bonchev–Trinajstić information content (AvgIpc) is 3.31. The first-order valence-electron chi connectivity index (χ1n) is 8.36. The van der Waals surface area contributed by atoms with Crippen molar-refractivity contribution in [3.05, 3.63) is 59.4 Å². The monoisotopic (exact) mass is 356 g/mol. The van der Waals surface area contributed by atoms with Gasteiger partial charge in [0, 0.05) is 46.4 Å². The van der Waals surface area contributed by atoms with Crippen molar-refractivity contribution in [1.82, 2.24) is 19.9 Å². The highest BCUT2D eigenvalue weighted by Gasteiger charge is 2.17. The van der Waals surface area contributed by atoms with Crippen LogP contribution in [-0.4, -0.2) is 26.2 Å². The molecule has 0 aliphatic rings. The smallest absolute Gasteiger partial charge is 0.185 e. The molecular formula is C20H16N6O. The zero-order valence-corrected chi connectivity index (χ0v) is 14.8. The lowest BCUT2D eigenvalue weighted by atomic mass is 10.0. The lowest BCUT2D eigenvalue weighted by molar-refractivity contribution is 0.111. The number of imidazole rings is 1. The molecule has 4 rings (SSSR count). The van der Waals surface area contributed by atoms with Gasteiger partial charge in [0.1, 0.15) is 6.07 Å². The van der Waals surface area contributed by atoms with E-state index in [0.29, 0.717) is 28.8 Å². The first-order valence-corrected chi connectivity index (χ1v) is 8.36. The Balaban J connectivity index is 1.88. The van der Waals surface area contributed by atoms with Crippen molar-refractivity contribution in [3.8, 4) is 17.3 Å². The minimum Gasteiger partial charge on any atom is -0.361 e. The molecule has 1 aromatic carbocycles. The molecule has 132 valence electrons. The number of rotatable bonds is 4. The van der Waals surface area contributed by atoms with E-state index in [2.05, 4.69) is 31.3 Å². The van der Waals surface area contributed by atoms with Gasteiger partial charge in [-0.25, -0.2) is 4.98 Å². The van der Waals surface area contributed by atoms with Crippen molar-refractivity contribution in [1.29, 1.82) is 5.26 Å². The molecule has 3 N–H and O–H groups in total. The van der Waals surface area contributed by atoms with E-state index >= 15 is 0 Å². The highest BCUT2D eigenvalue weighted by atomic mass is 16.1. The van der Waals surface area contributed by atoms with E-state index in [1.54, 1.807) is 6.20 Å². The molecule has 7 heteroatoms. The van der Waals surface area contributed by atoms with E-state index in [9.17, 15) is 10.1 Å². The van der Waals surface area contributed by atoms with E-state index in [1.807, 2.05) is 38.2 Å². The van der Waals surface area contributed by atoms with Crippen LogP contribution in [0.5, 0.6) is 0 Å². The van der Waals surface area contributed by atoms with Gasteiger partial charge in [-0.2, -0.15) is 5.26 Å². The largest absolute Gasteiger partial charge is 0.361 e. The third-order valence-corrected chi connectivity index (χ3v) is 4.60. The number of pyridine rings is 1. The summed E-state index contributed by atoms with van der Waals surface area (Å²) in [5.74, 6) is 0.237. The van der Waals surface area contributed by atoms with Crippen LogP contribution in [0, 0.1) is 25.2 Å². The number of hydrogen-bond donors (Lipinski definition) is 3. The van der Waals surface area contributed by atoms with Gasteiger partial charge in [0.15, 0.2) is 12.1 Å². The molecule has 0 amide bonds. The Morgan fingerprint density at radius 1 is 1.22 bits per heavy atom. The summed E-state index contributed by atoms with van der Waals surface area (Å²) in [4.78, 5) is 25.7. The molecule has 0 aliphatic carbocycles. The molecule has 0 aliphatic heterocycles. The molecule has 0 saturated heterocycles. The number of aromatic nitrogens is 4. The van der Waals surface area contributed by atoms with Crippen LogP contribution < -0.4 is 5.32 Å². The number of carbonyl (C=O) groups is 1. The Labute approximate surface area is 155 Å². The number of benzene rings is 1. The summed E-state index contributed by atoms with van der Waals surface area (Å²) in [6.45, 7) is 3.85. The van der Waals surface area contributed by atoms with Gasteiger partial charge in [0.2, 0.25) is 0 Å². The summed E-state index contributed by atoms with van der Waals surface area (Å²) in [7, 11) is 0. The van der Waals surface area contributed by atoms with Crippen LogP contribution in [0.3, 0.4) is 0 Å². The van der Waals surface area contributed by atoms with Gasteiger partial charge in [-0.15, -0.1) is 0 Å². The maximum atomic E-state index is 11.1. The van der Waals surface area contributed by atoms with Gasteiger partial charge < -0.3 is 15.3 Å². The second-order valence-corrected chi connectivity index (χ2v) is 6.24. The van der Waals surface area contributed by atoms with Crippen molar-refractivity contribution in [2.75, 3.05) is 5.32 Å². The van der Waals surface area contributed by atoms with Crippen LogP contribution in [0.25, 0.3) is 22.2 Å². The first kappa shape index (κ1) is 16.5. The Morgan fingerprint density at radius 2 is 2.07 bits per heavy atom. The quantitative estimate of drug-likeness (QED) is 0.479. The molecule has 0 bridgehead atoms. The zero-order valence-electron chi connectivity index (χ0n) is 14.8. The molecule has 0 saturated carbocycles. The highest BCUT2D eigenvalue weighted by molar-refractivity contribution is 5.91. The third kappa shape index (κ3) is 2.73. The number of nitrogens with zero attached hydrogens (tertiary/aromatic N) is 3. The summed E-state index contributed by atoms with van der Waals surface area (Å²) in [5.41, 5.74) is 5.98. The Hall–Kier alpha value is -3.92. The van der Waals surface area contributed by atoms with E-state index in [-0.39, 0.29) is 5.82 Å². The molecule has 4 aromatic rings. The number of H-pyrrole nitrogens is 2. The number of nitriles is 1. The van der Waals surface area contributed by atoms with Crippen molar-refractivity contribution < 1.29 is 4.79 Å². The summed E-state index contributed by atoms with van der Waals surface area (Å²) in [6.07, 6.45) is 5.72. The van der Waals surface area contributed by atoms with Gasteiger partial charge in [0.05, 0.1) is 16.9 Å². The molecule has 27 heavy (non-hydrogen) atoms. The number of fused-ring (bicyclic) bond motifs is 1. The number of anilines is 2. The normalized spacial score (nSPS) is 10.7. The number of nitrogens with one attached hydrogen (secondary N) is 3. The van der Waals surface area contributed by atoms with E-state index in [4.69, 9.17) is 0 Å². The molecule has 0 unspecified atom stereocenters. The van der Waals surface area contributed by atoms with Crippen molar-refractivity contribution >= 4 is 28.6 Å². The number of aldehydes is 1. The maximum Gasteiger partial charge on any atom is 0.185 e. The van der Waals surface area contributed by atoms with Crippen molar-refractivity contribution in [2.45, 2.75) is 13.8 Å². The van der Waals surface area contributed by atoms with Crippen molar-refractivity contribution in [2.24, 2.45) is 0 Å². The van der Waals surface area contributed by atoms with Crippen molar-refractivity contribution in [3.63, 3.8) is 0 Å². The van der Waals surface area contributed by atoms with Crippen LogP contribution in [0.2, 0.25) is 0 Å². The molecule has 3 aromatic heterocycles. The Kier molecular flexibility index (Phi) is 3.94. The minimum absolute atomic E-state index is 0.237. The summed E-state index contributed by atoms with van der Waals surface area (Å²) >= 11 is 0. The molecule has 0 fully saturated rings. The number of aryl methyl sites for hydroxylation is 2. The maximum absolute atomic E-state index is 11.1. The fraction of sp³-hybridized carbons (Fsp3) is 0.100. The van der Waals surface area contributed by atoms with Gasteiger partial charge in [0.25, 0.3) is 0 Å². The summed E-state index contributed by atoms with van der Waals surface area (Å²) in [5, 5.41) is 14.1. The van der Waals surface area contributed by atoms with Crippen LogP contribution >= 0.6 is 0 Å². The first-order chi connectivity index (χ1) is 13.1. The fourth-order valence-corrected chi connectivity index (χ4v) is 3.22. The summed E-state index contributed by atoms with van der Waals surface area (Å²) in [6, 6.07) is 8.15. The van der Waals surface area contributed by atoms with E-state index < -0.39 is 0 Å². The highest BCUT2D eigenvalue weighted by Crippen LogP contribution is 2.35. The minimum atomic E-state index is 0.237. The van der Waals surface area contributed by atoms with Gasteiger partial charge >= 0.3 is 0 Å². The average molecular weight is 356 g/mol. The lowest BCUT2D eigenvalue weighted by Gasteiger charge is -2.15. The van der Waals surface area contributed by atoms with E-state index in [0.717, 1.165) is 27.8 Å². The standard InChI is InChI=1S/C20H16N6O/c1-11-14-5-6-23-17(14)4-3-16(11)25-20-13(7-21)8-22-9-15(20)19-12(2)24-18(10-27)26-19/h3-6,8-10,23H,1-2H3,(H,22,25)(H,24,26). The Morgan fingerprint density at radius 3 is 2.81 bits per heavy atom. The zero-order chi connectivity index (χ0) is 19.0. The number of carbonyl (C=O) groups excluding carboxylic acids is 1. The molecule has 3 heterocycles. The molecular weight excluding hydrogens is 340 g/mol. The SMILES string of the molecule is Cc1[nH]c(C=O)nc1-c1cncc(C#N)c1Nc1ccc2[nH]ccc2c1C. The van der Waals surface area contributed by atoms with Crippen LogP contribution in [0.4, 0.5) is 11.4 Å². The number of hydrogen-bond acceptors (Lipinski definition) is 5. The fourth-order valence-electron chi connectivity index (χ4n) is 3.22. The van der Waals surface area contributed by atoms with Gasteiger partial charge in [-0.05, 0) is 37.6 Å². The second kappa shape index (κ2) is 6.42. The molecule has 0 radical (unpaired) electrons. The predicted octanol–water partition coefficient (Wildman–Crippen LogP) is 4.00. The van der Waals surface area contributed by atoms with Crippen LogP contribution in [-0.2, 0) is 0 Å². The van der Waals surface area contributed by atoms with E-state index in [1.165, 1.54) is 6.20 Å². The topological polar surface area (TPSA) is 110 Å². The van der Waals surface area contributed by atoms with Crippen LogP contribution in [0.15, 0.2) is 36.8 Å². The lowest BCUT2D eigenvalue weighted by Crippen LogP contribution is -2.00. The van der Waals surface area contributed by atoms with Gasteiger partial charge in [-0.1, -0.05) is 0 Å².